The molecular formula is C18H24N4. The van der Waals surface area contributed by atoms with E-state index in [0.717, 1.165) is 45.8 Å². The van der Waals surface area contributed by atoms with Crippen LogP contribution in [0, 0.1) is 0 Å². The Morgan fingerprint density at radius 1 is 0.909 bits per heavy atom. The van der Waals surface area contributed by atoms with Crippen LogP contribution >= 0.6 is 0 Å². The van der Waals surface area contributed by atoms with Crippen molar-refractivity contribution in [1.29, 1.82) is 0 Å². The topological polar surface area (TPSA) is 31.4 Å². The lowest BCUT2D eigenvalue weighted by molar-refractivity contribution is 0.257. The van der Waals surface area contributed by atoms with E-state index in [1.165, 1.54) is 11.3 Å². The molecule has 1 aromatic heterocycles. The van der Waals surface area contributed by atoms with Crippen LogP contribution in [-0.2, 0) is 6.54 Å². The van der Waals surface area contributed by atoms with Gasteiger partial charge in [-0.05, 0) is 17.7 Å². The van der Waals surface area contributed by atoms with Crippen molar-refractivity contribution in [3.05, 3.63) is 60.4 Å². The van der Waals surface area contributed by atoms with Gasteiger partial charge < -0.3 is 10.2 Å². The normalized spacial score (nSPS) is 15.9. The second kappa shape index (κ2) is 7.92. The van der Waals surface area contributed by atoms with Crippen LogP contribution < -0.4 is 10.2 Å². The van der Waals surface area contributed by atoms with Crippen molar-refractivity contribution in [3.8, 4) is 0 Å². The lowest BCUT2D eigenvalue weighted by Crippen LogP contribution is -2.48. The summed E-state index contributed by atoms with van der Waals surface area (Å²) in [6.07, 6.45) is 3.74. The minimum absolute atomic E-state index is 0.956. The molecule has 0 saturated carbocycles. The van der Waals surface area contributed by atoms with Gasteiger partial charge in [0.15, 0.2) is 0 Å². The summed E-state index contributed by atoms with van der Waals surface area (Å²) in [7, 11) is 0. The Morgan fingerprint density at radius 3 is 2.36 bits per heavy atom. The zero-order valence-corrected chi connectivity index (χ0v) is 13.0. The molecule has 3 rings (SSSR count). The molecule has 0 bridgehead atoms. The monoisotopic (exact) mass is 296 g/mol. The first kappa shape index (κ1) is 15.0. The molecule has 22 heavy (non-hydrogen) atoms. The van der Waals surface area contributed by atoms with Crippen LogP contribution in [0.3, 0.4) is 0 Å². The van der Waals surface area contributed by atoms with E-state index in [2.05, 4.69) is 62.6 Å². The number of aromatic nitrogens is 1. The zero-order valence-electron chi connectivity index (χ0n) is 13.0. The van der Waals surface area contributed by atoms with Gasteiger partial charge in [-0.1, -0.05) is 30.3 Å². The van der Waals surface area contributed by atoms with Gasteiger partial charge in [-0.25, -0.2) is 0 Å². The number of rotatable bonds is 6. The summed E-state index contributed by atoms with van der Waals surface area (Å²) in [5.74, 6) is 0. The predicted molar refractivity (Wildman–Crippen MR) is 91.0 cm³/mol. The van der Waals surface area contributed by atoms with Gasteiger partial charge in [-0.15, -0.1) is 0 Å². The summed E-state index contributed by atoms with van der Waals surface area (Å²) in [6, 6.07) is 14.8. The van der Waals surface area contributed by atoms with E-state index in [-0.39, 0.29) is 0 Å². The Balaban J connectivity index is 1.34. The van der Waals surface area contributed by atoms with Crippen LogP contribution in [0.5, 0.6) is 0 Å². The fraction of sp³-hybridized carbons (Fsp3) is 0.389. The third kappa shape index (κ3) is 4.29. The second-order valence-electron chi connectivity index (χ2n) is 5.70. The molecule has 2 heterocycles. The second-order valence-corrected chi connectivity index (χ2v) is 5.70. The molecule has 2 aromatic rings. The summed E-state index contributed by atoms with van der Waals surface area (Å²) in [5, 5.41) is 3.53. The number of hydrogen-bond donors (Lipinski definition) is 1. The number of nitrogens with zero attached hydrogens (tertiary/aromatic N) is 3. The first-order chi connectivity index (χ1) is 10.9. The number of pyridine rings is 1. The molecule has 0 unspecified atom stereocenters. The smallest absolute Gasteiger partial charge is 0.0397 e. The summed E-state index contributed by atoms with van der Waals surface area (Å²) >= 11 is 0. The average molecular weight is 296 g/mol. The Bertz CT molecular complexity index is 536. The molecule has 0 aliphatic carbocycles. The fourth-order valence-electron chi connectivity index (χ4n) is 2.85. The third-order valence-electron chi connectivity index (χ3n) is 4.18. The van der Waals surface area contributed by atoms with E-state index < -0.39 is 0 Å². The van der Waals surface area contributed by atoms with Crippen LogP contribution in [0.4, 0.5) is 5.69 Å². The molecule has 4 nitrogen and oxygen atoms in total. The lowest BCUT2D eigenvalue weighted by Gasteiger charge is -2.36. The number of nitrogens with one attached hydrogen (secondary N) is 1. The van der Waals surface area contributed by atoms with Crippen LogP contribution in [0.1, 0.15) is 5.56 Å². The highest BCUT2D eigenvalue weighted by Gasteiger charge is 2.16. The van der Waals surface area contributed by atoms with E-state index in [1.54, 1.807) is 0 Å². The molecule has 1 N–H and O–H groups in total. The predicted octanol–water partition coefficient (Wildman–Crippen LogP) is 1.99. The van der Waals surface area contributed by atoms with E-state index >= 15 is 0 Å². The standard InChI is InChI=1S/C18H24N4/c1-2-4-17(5-3-1)16-20-10-11-21-12-14-22(15-13-21)18-6-8-19-9-7-18/h1-9,20H,10-16H2. The molecular weight excluding hydrogens is 272 g/mol. The average Bonchev–Trinajstić information content (AvgIpc) is 2.61. The fourth-order valence-corrected chi connectivity index (χ4v) is 2.85. The van der Waals surface area contributed by atoms with Gasteiger partial charge >= 0.3 is 0 Å². The maximum atomic E-state index is 4.08. The van der Waals surface area contributed by atoms with Gasteiger partial charge in [0.05, 0.1) is 0 Å². The minimum atomic E-state index is 0.956. The van der Waals surface area contributed by atoms with Crippen LogP contribution in [0.25, 0.3) is 0 Å². The molecule has 0 amide bonds. The Hall–Kier alpha value is -1.91. The van der Waals surface area contributed by atoms with E-state index in [1.807, 2.05) is 12.4 Å². The van der Waals surface area contributed by atoms with Crippen molar-refractivity contribution in [2.45, 2.75) is 6.54 Å². The molecule has 0 atom stereocenters. The van der Waals surface area contributed by atoms with Crippen molar-refractivity contribution in [2.24, 2.45) is 0 Å². The molecule has 1 aliphatic heterocycles. The SMILES string of the molecule is c1ccc(CNCCN2CCN(c3ccncc3)CC2)cc1. The zero-order chi connectivity index (χ0) is 15.0. The van der Waals surface area contributed by atoms with E-state index in [0.29, 0.717) is 0 Å². The van der Waals surface area contributed by atoms with Gasteiger partial charge in [0, 0.05) is 63.9 Å². The van der Waals surface area contributed by atoms with Crippen LogP contribution in [0.15, 0.2) is 54.9 Å². The van der Waals surface area contributed by atoms with Crippen LogP contribution in [0.2, 0.25) is 0 Å². The van der Waals surface area contributed by atoms with Gasteiger partial charge in [-0.3, -0.25) is 9.88 Å². The van der Waals surface area contributed by atoms with Crippen LogP contribution in [-0.4, -0.2) is 49.2 Å². The quantitative estimate of drug-likeness (QED) is 0.826. The van der Waals surface area contributed by atoms with Crippen molar-refractivity contribution in [3.63, 3.8) is 0 Å². The van der Waals surface area contributed by atoms with Crippen molar-refractivity contribution >= 4 is 5.69 Å². The lowest BCUT2D eigenvalue weighted by atomic mass is 10.2. The molecule has 0 spiro atoms. The molecule has 0 radical (unpaired) electrons. The van der Waals surface area contributed by atoms with Gasteiger partial charge in [0.25, 0.3) is 0 Å². The first-order valence-electron chi connectivity index (χ1n) is 8.04. The molecule has 1 aliphatic rings. The number of piperazine rings is 1. The maximum Gasteiger partial charge on any atom is 0.0397 e. The minimum Gasteiger partial charge on any atom is -0.369 e. The van der Waals surface area contributed by atoms with Crippen molar-refractivity contribution in [2.75, 3.05) is 44.2 Å². The number of hydrogen-bond acceptors (Lipinski definition) is 4. The maximum absolute atomic E-state index is 4.08. The first-order valence-corrected chi connectivity index (χ1v) is 8.04. The largest absolute Gasteiger partial charge is 0.369 e. The molecule has 116 valence electrons. The Labute approximate surface area is 132 Å². The van der Waals surface area contributed by atoms with Crippen molar-refractivity contribution < 1.29 is 0 Å². The molecule has 1 aromatic carbocycles. The summed E-state index contributed by atoms with van der Waals surface area (Å²) in [6.45, 7) is 7.59. The van der Waals surface area contributed by atoms with E-state index in [4.69, 9.17) is 0 Å². The number of benzene rings is 1. The molecule has 1 fully saturated rings. The summed E-state index contributed by atoms with van der Waals surface area (Å²) < 4.78 is 0. The van der Waals surface area contributed by atoms with Gasteiger partial charge in [0.2, 0.25) is 0 Å². The third-order valence-corrected chi connectivity index (χ3v) is 4.18. The molecule has 1 saturated heterocycles. The molecule has 4 heteroatoms. The van der Waals surface area contributed by atoms with E-state index in [9.17, 15) is 0 Å². The van der Waals surface area contributed by atoms with Gasteiger partial charge in [-0.2, -0.15) is 0 Å². The summed E-state index contributed by atoms with van der Waals surface area (Å²) in [5.41, 5.74) is 2.64. The highest BCUT2D eigenvalue weighted by molar-refractivity contribution is 5.44. The highest BCUT2D eigenvalue weighted by Crippen LogP contribution is 2.14. The van der Waals surface area contributed by atoms with Crippen molar-refractivity contribution in [1.82, 2.24) is 15.2 Å². The summed E-state index contributed by atoms with van der Waals surface area (Å²) in [4.78, 5) is 9.06. The number of anilines is 1. The highest BCUT2D eigenvalue weighted by atomic mass is 15.3. The van der Waals surface area contributed by atoms with Gasteiger partial charge in [0.1, 0.15) is 0 Å². The Morgan fingerprint density at radius 2 is 1.64 bits per heavy atom. The Kier molecular flexibility index (Phi) is 5.40.